The number of esters is 1. The van der Waals surface area contributed by atoms with E-state index in [1.165, 1.54) is 4.90 Å². The molecule has 0 saturated heterocycles. The van der Waals surface area contributed by atoms with Crippen LogP contribution in [0.4, 0.5) is 0 Å². The van der Waals surface area contributed by atoms with Crippen molar-refractivity contribution in [3.63, 3.8) is 0 Å². The van der Waals surface area contributed by atoms with Gasteiger partial charge in [-0.25, -0.2) is 0 Å². The zero-order valence-electron chi connectivity index (χ0n) is 17.5. The average molecular weight is 403 g/mol. The van der Waals surface area contributed by atoms with Crippen molar-refractivity contribution in [1.82, 2.24) is 4.90 Å². The van der Waals surface area contributed by atoms with Gasteiger partial charge >= 0.3 is 5.97 Å². The summed E-state index contributed by atoms with van der Waals surface area (Å²) in [7, 11) is 0. The van der Waals surface area contributed by atoms with Gasteiger partial charge in [0.2, 0.25) is 0 Å². The predicted molar refractivity (Wildman–Crippen MR) is 116 cm³/mol. The van der Waals surface area contributed by atoms with Crippen molar-refractivity contribution in [3.05, 3.63) is 59.7 Å². The van der Waals surface area contributed by atoms with Crippen LogP contribution < -0.4 is 0 Å². The lowest BCUT2D eigenvalue weighted by Gasteiger charge is -2.22. The average Bonchev–Trinajstić information content (AvgIpc) is 2.98. The maximum absolute atomic E-state index is 13.0. The third-order valence-electron chi connectivity index (χ3n) is 5.88. The van der Waals surface area contributed by atoms with Crippen LogP contribution in [-0.2, 0) is 9.53 Å². The molecule has 3 aromatic carbocycles. The molecule has 2 amide bonds. The van der Waals surface area contributed by atoms with E-state index in [0.717, 1.165) is 28.0 Å². The van der Waals surface area contributed by atoms with E-state index >= 15 is 0 Å². The molecule has 0 radical (unpaired) electrons. The zero-order valence-corrected chi connectivity index (χ0v) is 17.5. The van der Waals surface area contributed by atoms with Gasteiger partial charge in [0, 0.05) is 6.42 Å². The minimum atomic E-state index is -0.527. The molecule has 0 saturated carbocycles. The lowest BCUT2D eigenvalue weighted by Crippen LogP contribution is -2.41. The molecular formula is C25H25NO4. The van der Waals surface area contributed by atoms with Gasteiger partial charge < -0.3 is 4.74 Å². The first-order valence-corrected chi connectivity index (χ1v) is 10.4. The van der Waals surface area contributed by atoms with Crippen LogP contribution in [0.1, 0.15) is 54.3 Å². The Morgan fingerprint density at radius 3 is 1.93 bits per heavy atom. The Kier molecular flexibility index (Phi) is 5.29. The molecule has 1 heterocycles. The van der Waals surface area contributed by atoms with Crippen LogP contribution in [0.3, 0.4) is 0 Å². The van der Waals surface area contributed by atoms with Crippen molar-refractivity contribution in [2.24, 2.45) is 5.92 Å². The van der Waals surface area contributed by atoms with E-state index in [9.17, 15) is 14.4 Å². The second kappa shape index (κ2) is 7.90. The van der Waals surface area contributed by atoms with Crippen molar-refractivity contribution >= 4 is 39.3 Å². The molecule has 30 heavy (non-hydrogen) atoms. The highest BCUT2D eigenvalue weighted by molar-refractivity contribution is 6.23. The summed E-state index contributed by atoms with van der Waals surface area (Å²) in [5, 5.41) is 4.01. The van der Waals surface area contributed by atoms with Gasteiger partial charge in [-0.15, -0.1) is 0 Å². The second-order valence-corrected chi connectivity index (χ2v) is 8.17. The fourth-order valence-corrected chi connectivity index (χ4v) is 3.87. The van der Waals surface area contributed by atoms with Crippen LogP contribution in [0.2, 0.25) is 0 Å². The number of ether oxygens (including phenoxy) is 1. The number of rotatable bonds is 6. The number of fused-ring (bicyclic) bond motifs is 3. The molecular weight excluding hydrogens is 378 g/mol. The van der Waals surface area contributed by atoms with Gasteiger partial charge in [-0.2, -0.15) is 0 Å². The Labute approximate surface area is 175 Å². The second-order valence-electron chi connectivity index (χ2n) is 8.17. The van der Waals surface area contributed by atoms with Crippen LogP contribution in [0.15, 0.2) is 48.5 Å². The van der Waals surface area contributed by atoms with Crippen LogP contribution in [0.25, 0.3) is 21.5 Å². The predicted octanol–water partition coefficient (Wildman–Crippen LogP) is 4.96. The fourth-order valence-electron chi connectivity index (χ4n) is 3.87. The third kappa shape index (κ3) is 3.56. The first-order valence-electron chi connectivity index (χ1n) is 10.4. The Morgan fingerprint density at radius 1 is 0.900 bits per heavy atom. The van der Waals surface area contributed by atoms with Gasteiger partial charge in [0.25, 0.3) is 11.8 Å². The minimum absolute atomic E-state index is 0.00411. The number of benzene rings is 3. The van der Waals surface area contributed by atoms with Gasteiger partial charge in [-0.05, 0) is 58.7 Å². The standard InChI is InChI=1S/C25H25NO4/c1-4-15(2)9-23(27)30-14-16(3)26-24(28)21-12-19-10-17-7-5-6-8-18(17)11-20(19)13-22(21)25(26)29/h5-8,10-13,15-16H,4,9,14H2,1-3H3/t15-,16+/m1/s1. The van der Waals surface area contributed by atoms with E-state index in [1.54, 1.807) is 19.1 Å². The normalized spacial score (nSPS) is 15.5. The van der Waals surface area contributed by atoms with Crippen LogP contribution >= 0.6 is 0 Å². The quantitative estimate of drug-likeness (QED) is 0.332. The lowest BCUT2D eigenvalue weighted by atomic mass is 9.99. The molecule has 0 aromatic heterocycles. The SMILES string of the molecule is CC[C@@H](C)CC(=O)OC[C@H](C)N1C(=O)c2cc3cc4ccccc4cc3cc2C1=O. The number of carbonyl (C=O) groups is 3. The first-order chi connectivity index (χ1) is 14.4. The number of imide groups is 1. The van der Waals surface area contributed by atoms with Gasteiger partial charge in [-0.3, -0.25) is 19.3 Å². The van der Waals surface area contributed by atoms with Crippen molar-refractivity contribution in [3.8, 4) is 0 Å². The van der Waals surface area contributed by atoms with Crippen molar-refractivity contribution in [2.45, 2.75) is 39.7 Å². The van der Waals surface area contributed by atoms with E-state index < -0.39 is 6.04 Å². The van der Waals surface area contributed by atoms with Crippen molar-refractivity contribution < 1.29 is 19.1 Å². The Morgan fingerprint density at radius 2 is 1.43 bits per heavy atom. The number of carbonyl (C=O) groups excluding carboxylic acids is 3. The molecule has 1 aliphatic heterocycles. The van der Waals surface area contributed by atoms with Crippen molar-refractivity contribution in [1.29, 1.82) is 0 Å². The summed E-state index contributed by atoms with van der Waals surface area (Å²) in [4.78, 5) is 39.2. The molecule has 0 aliphatic carbocycles. The summed E-state index contributed by atoms with van der Waals surface area (Å²) >= 11 is 0. The lowest BCUT2D eigenvalue weighted by molar-refractivity contribution is -0.145. The highest BCUT2D eigenvalue weighted by atomic mass is 16.5. The van der Waals surface area contributed by atoms with E-state index in [0.29, 0.717) is 17.5 Å². The summed E-state index contributed by atoms with van der Waals surface area (Å²) in [5.41, 5.74) is 0.807. The first kappa shape index (κ1) is 20.1. The van der Waals surface area contributed by atoms with E-state index in [4.69, 9.17) is 4.74 Å². The number of hydrogen-bond donors (Lipinski definition) is 0. The fraction of sp³-hybridized carbons (Fsp3) is 0.320. The summed E-state index contributed by atoms with van der Waals surface area (Å²) in [6, 6.07) is 15.1. The van der Waals surface area contributed by atoms with Crippen molar-refractivity contribution in [2.75, 3.05) is 6.61 Å². The molecule has 0 N–H and O–H groups in total. The molecule has 154 valence electrons. The highest BCUT2D eigenvalue weighted by Gasteiger charge is 2.39. The number of nitrogens with zero attached hydrogens (tertiary/aromatic N) is 1. The van der Waals surface area contributed by atoms with E-state index in [1.807, 2.05) is 50.2 Å². The summed E-state index contributed by atoms with van der Waals surface area (Å²) in [6.45, 7) is 5.74. The summed E-state index contributed by atoms with van der Waals surface area (Å²) < 4.78 is 5.33. The van der Waals surface area contributed by atoms with E-state index in [2.05, 4.69) is 0 Å². The topological polar surface area (TPSA) is 63.7 Å². The van der Waals surface area contributed by atoms with Gasteiger partial charge in [-0.1, -0.05) is 44.5 Å². The Balaban J connectivity index is 1.58. The molecule has 3 aromatic rings. The molecule has 0 fully saturated rings. The maximum Gasteiger partial charge on any atom is 0.306 e. The van der Waals surface area contributed by atoms with Crippen LogP contribution in [0, 0.1) is 5.92 Å². The summed E-state index contributed by atoms with van der Waals surface area (Å²) in [6.07, 6.45) is 1.23. The van der Waals surface area contributed by atoms with Gasteiger partial charge in [0.05, 0.1) is 17.2 Å². The third-order valence-corrected chi connectivity index (χ3v) is 5.88. The number of hydrogen-bond acceptors (Lipinski definition) is 4. The van der Waals surface area contributed by atoms with Gasteiger partial charge in [0.1, 0.15) is 6.61 Å². The molecule has 2 atom stereocenters. The highest BCUT2D eigenvalue weighted by Crippen LogP contribution is 2.31. The molecule has 0 spiro atoms. The smallest absolute Gasteiger partial charge is 0.306 e. The van der Waals surface area contributed by atoms with E-state index in [-0.39, 0.29) is 30.3 Å². The Bertz CT molecular complexity index is 1090. The molecule has 5 nitrogen and oxygen atoms in total. The maximum atomic E-state index is 13.0. The minimum Gasteiger partial charge on any atom is -0.463 e. The Hall–Kier alpha value is -3.21. The largest absolute Gasteiger partial charge is 0.463 e. The molecule has 5 heteroatoms. The molecule has 4 rings (SSSR count). The summed E-state index contributed by atoms with van der Waals surface area (Å²) in [5.74, 6) is -0.730. The molecule has 0 unspecified atom stereocenters. The monoisotopic (exact) mass is 403 g/mol. The van der Waals surface area contributed by atoms with Crippen LogP contribution in [0.5, 0.6) is 0 Å². The number of amides is 2. The molecule has 0 bridgehead atoms. The molecule has 1 aliphatic rings. The van der Waals surface area contributed by atoms with Crippen LogP contribution in [-0.4, -0.2) is 35.3 Å². The van der Waals surface area contributed by atoms with Gasteiger partial charge in [0.15, 0.2) is 0 Å². The zero-order chi connectivity index (χ0) is 21.4.